The number of halogens is 1. The summed E-state index contributed by atoms with van der Waals surface area (Å²) in [7, 11) is 0.255. The summed E-state index contributed by atoms with van der Waals surface area (Å²) in [6, 6.07) is 6.11. The van der Waals surface area contributed by atoms with Crippen LogP contribution in [0.25, 0.3) is 0 Å². The van der Waals surface area contributed by atoms with E-state index in [1.165, 1.54) is 12.1 Å². The molecule has 0 aliphatic heterocycles. The molecule has 0 spiro atoms. The normalized spacial score (nSPS) is 11.1. The van der Waals surface area contributed by atoms with Gasteiger partial charge in [0.15, 0.2) is 9.84 Å². The standard InChI is InChI=1S/C14H22N2O3S.ClH/c1-11(2)20(18,19)13-7-5-12(6-8-13)14(17)16(4)10-9-15-3;/h5-8,11,15H,9-10H2,1-4H3;1H. The predicted octanol–water partition coefficient (Wildman–Crippen LogP) is 1.58. The number of likely N-dealkylation sites (N-methyl/N-ethyl adjacent to an activating group) is 2. The van der Waals surface area contributed by atoms with E-state index in [1.807, 2.05) is 7.05 Å². The van der Waals surface area contributed by atoms with Gasteiger partial charge in [0.25, 0.3) is 5.91 Å². The zero-order chi connectivity index (χ0) is 15.3. The van der Waals surface area contributed by atoms with Gasteiger partial charge in [0.05, 0.1) is 10.1 Å². The zero-order valence-electron chi connectivity index (χ0n) is 12.8. The van der Waals surface area contributed by atoms with Gasteiger partial charge in [-0.2, -0.15) is 0 Å². The molecule has 0 unspecified atom stereocenters. The van der Waals surface area contributed by atoms with Crippen LogP contribution < -0.4 is 5.32 Å². The highest BCUT2D eigenvalue weighted by Gasteiger charge is 2.19. The van der Waals surface area contributed by atoms with Gasteiger partial charge in [-0.15, -0.1) is 12.4 Å². The Hall–Kier alpha value is -1.11. The van der Waals surface area contributed by atoms with Crippen LogP contribution in [0.15, 0.2) is 29.2 Å². The summed E-state index contributed by atoms with van der Waals surface area (Å²) in [4.78, 5) is 13.9. The van der Waals surface area contributed by atoms with Crippen molar-refractivity contribution in [3.8, 4) is 0 Å². The summed E-state index contributed by atoms with van der Waals surface area (Å²) in [5.41, 5.74) is 0.492. The lowest BCUT2D eigenvalue weighted by Gasteiger charge is -2.17. The van der Waals surface area contributed by atoms with Crippen LogP contribution in [0.1, 0.15) is 24.2 Å². The number of sulfone groups is 1. The van der Waals surface area contributed by atoms with E-state index in [0.717, 1.165) is 0 Å². The fourth-order valence-electron chi connectivity index (χ4n) is 1.66. The van der Waals surface area contributed by atoms with E-state index < -0.39 is 15.1 Å². The van der Waals surface area contributed by atoms with E-state index in [4.69, 9.17) is 0 Å². The third-order valence-electron chi connectivity index (χ3n) is 3.09. The molecular formula is C14H23ClN2O3S. The van der Waals surface area contributed by atoms with E-state index in [-0.39, 0.29) is 23.2 Å². The molecule has 21 heavy (non-hydrogen) atoms. The molecule has 0 saturated heterocycles. The van der Waals surface area contributed by atoms with Crippen molar-refractivity contribution in [2.24, 2.45) is 0 Å². The van der Waals surface area contributed by atoms with Gasteiger partial charge in [-0.05, 0) is 45.2 Å². The lowest BCUT2D eigenvalue weighted by atomic mass is 10.2. The maximum absolute atomic E-state index is 12.1. The summed E-state index contributed by atoms with van der Waals surface area (Å²) in [5.74, 6) is -0.117. The van der Waals surface area contributed by atoms with Crippen molar-refractivity contribution in [1.29, 1.82) is 0 Å². The second-order valence-electron chi connectivity index (χ2n) is 4.95. The van der Waals surface area contributed by atoms with E-state index in [2.05, 4.69) is 5.32 Å². The first-order valence-electron chi connectivity index (χ1n) is 6.54. The highest BCUT2D eigenvalue weighted by Crippen LogP contribution is 2.17. The molecule has 120 valence electrons. The molecule has 0 saturated carbocycles. The van der Waals surface area contributed by atoms with Crippen molar-refractivity contribution in [3.63, 3.8) is 0 Å². The van der Waals surface area contributed by atoms with Gasteiger partial charge in [0, 0.05) is 25.7 Å². The van der Waals surface area contributed by atoms with E-state index >= 15 is 0 Å². The number of benzene rings is 1. The molecule has 0 bridgehead atoms. The molecule has 1 amide bonds. The Morgan fingerprint density at radius 1 is 1.24 bits per heavy atom. The molecule has 0 heterocycles. The molecule has 0 fully saturated rings. The summed E-state index contributed by atoms with van der Waals surface area (Å²) in [6.45, 7) is 4.59. The minimum Gasteiger partial charge on any atom is -0.340 e. The molecule has 0 aliphatic carbocycles. The van der Waals surface area contributed by atoms with Crippen LogP contribution in [0.3, 0.4) is 0 Å². The van der Waals surface area contributed by atoms with Crippen LogP contribution >= 0.6 is 12.4 Å². The SMILES string of the molecule is CNCCN(C)C(=O)c1ccc(S(=O)(=O)C(C)C)cc1.Cl. The van der Waals surface area contributed by atoms with Crippen LogP contribution in [-0.4, -0.2) is 51.7 Å². The number of nitrogens with zero attached hydrogens (tertiary/aromatic N) is 1. The zero-order valence-corrected chi connectivity index (χ0v) is 14.4. The second-order valence-corrected chi connectivity index (χ2v) is 7.45. The van der Waals surface area contributed by atoms with Crippen LogP contribution in [0.4, 0.5) is 0 Å². The molecule has 1 rings (SSSR count). The smallest absolute Gasteiger partial charge is 0.253 e. The molecule has 1 aromatic carbocycles. The topological polar surface area (TPSA) is 66.5 Å². The Morgan fingerprint density at radius 3 is 2.19 bits per heavy atom. The molecule has 1 N–H and O–H groups in total. The summed E-state index contributed by atoms with van der Waals surface area (Å²) >= 11 is 0. The Labute approximate surface area is 133 Å². The number of hydrogen-bond donors (Lipinski definition) is 1. The fourth-order valence-corrected chi connectivity index (χ4v) is 2.72. The Kier molecular flexibility index (Phi) is 7.92. The molecule has 7 heteroatoms. The van der Waals surface area contributed by atoms with Crippen LogP contribution in [-0.2, 0) is 9.84 Å². The molecule has 0 aromatic heterocycles. The van der Waals surface area contributed by atoms with Crippen molar-refractivity contribution in [2.75, 3.05) is 27.2 Å². The molecule has 5 nitrogen and oxygen atoms in total. The van der Waals surface area contributed by atoms with Gasteiger partial charge < -0.3 is 10.2 Å². The average Bonchev–Trinajstić information content (AvgIpc) is 2.43. The number of hydrogen-bond acceptors (Lipinski definition) is 4. The Bertz CT molecular complexity index is 556. The van der Waals surface area contributed by atoms with Crippen LogP contribution in [0, 0.1) is 0 Å². The first-order chi connectivity index (χ1) is 9.30. The third kappa shape index (κ3) is 4.98. The number of carbonyl (C=O) groups excluding carboxylic acids is 1. The first-order valence-corrected chi connectivity index (χ1v) is 8.09. The van der Waals surface area contributed by atoms with Gasteiger partial charge in [0.2, 0.25) is 0 Å². The number of carbonyl (C=O) groups is 1. The van der Waals surface area contributed by atoms with Crippen molar-refractivity contribution >= 4 is 28.2 Å². The minimum atomic E-state index is -3.29. The maximum atomic E-state index is 12.1. The summed E-state index contributed by atoms with van der Waals surface area (Å²) in [6.07, 6.45) is 0. The lowest BCUT2D eigenvalue weighted by Crippen LogP contribution is -2.32. The second kappa shape index (κ2) is 8.36. The van der Waals surface area contributed by atoms with Crippen LogP contribution in [0.2, 0.25) is 0 Å². The monoisotopic (exact) mass is 334 g/mol. The average molecular weight is 335 g/mol. The highest BCUT2D eigenvalue weighted by atomic mass is 35.5. The highest BCUT2D eigenvalue weighted by molar-refractivity contribution is 7.92. The predicted molar refractivity (Wildman–Crippen MR) is 86.9 cm³/mol. The molecule has 0 atom stereocenters. The van der Waals surface area contributed by atoms with Gasteiger partial charge in [-0.1, -0.05) is 0 Å². The largest absolute Gasteiger partial charge is 0.340 e. The lowest BCUT2D eigenvalue weighted by molar-refractivity contribution is 0.0797. The van der Waals surface area contributed by atoms with Crippen molar-refractivity contribution in [1.82, 2.24) is 10.2 Å². The first kappa shape index (κ1) is 19.9. The van der Waals surface area contributed by atoms with Crippen LogP contribution in [0.5, 0.6) is 0 Å². The van der Waals surface area contributed by atoms with E-state index in [0.29, 0.717) is 18.7 Å². The minimum absolute atomic E-state index is 0. The van der Waals surface area contributed by atoms with E-state index in [1.54, 1.807) is 37.9 Å². The fraction of sp³-hybridized carbons (Fsp3) is 0.500. The molecule has 0 aliphatic rings. The van der Waals surface area contributed by atoms with Crippen molar-refractivity contribution in [3.05, 3.63) is 29.8 Å². The quantitative estimate of drug-likeness (QED) is 0.857. The van der Waals surface area contributed by atoms with Gasteiger partial charge in [-0.25, -0.2) is 8.42 Å². The van der Waals surface area contributed by atoms with E-state index in [9.17, 15) is 13.2 Å². The van der Waals surface area contributed by atoms with Gasteiger partial charge >= 0.3 is 0 Å². The molecule has 0 radical (unpaired) electrons. The number of nitrogens with one attached hydrogen (secondary N) is 1. The molecular weight excluding hydrogens is 312 g/mol. The van der Waals surface area contributed by atoms with Crippen molar-refractivity contribution in [2.45, 2.75) is 24.0 Å². The Morgan fingerprint density at radius 2 is 1.76 bits per heavy atom. The summed E-state index contributed by atoms with van der Waals surface area (Å²) < 4.78 is 24.0. The summed E-state index contributed by atoms with van der Waals surface area (Å²) in [5, 5.41) is 2.50. The number of amides is 1. The third-order valence-corrected chi connectivity index (χ3v) is 5.26. The van der Waals surface area contributed by atoms with Crippen molar-refractivity contribution < 1.29 is 13.2 Å². The Balaban J connectivity index is 0.00000400. The number of rotatable bonds is 6. The van der Waals surface area contributed by atoms with Gasteiger partial charge in [0.1, 0.15) is 0 Å². The molecule has 1 aromatic rings. The van der Waals surface area contributed by atoms with Gasteiger partial charge in [-0.3, -0.25) is 4.79 Å². The maximum Gasteiger partial charge on any atom is 0.253 e.